The molecule has 5 heterocycles. The van der Waals surface area contributed by atoms with E-state index in [9.17, 15) is 0 Å². The van der Waals surface area contributed by atoms with Crippen molar-refractivity contribution in [3.05, 3.63) is 115 Å². The second-order valence-electron chi connectivity index (χ2n) is 9.75. The normalized spacial score (nSPS) is 11.6. The van der Waals surface area contributed by atoms with Crippen molar-refractivity contribution >= 4 is 44.0 Å². The number of para-hydroxylation sites is 2. The maximum atomic E-state index is 4.84. The molecule has 0 saturated carbocycles. The Hall–Kier alpha value is -5.63. The monoisotopic (exact) mass is 516 g/mol. The first-order valence-corrected chi connectivity index (χ1v) is 12.9. The van der Waals surface area contributed by atoms with Gasteiger partial charge in [0, 0.05) is 57.9 Å². The molecule has 0 aliphatic rings. The Kier molecular flexibility index (Phi) is 5.03. The van der Waals surface area contributed by atoms with Crippen LogP contribution in [0.3, 0.4) is 0 Å². The number of aromatic amines is 1. The number of nitrogens with one attached hydrogen (secondary N) is 1. The molecule has 8 nitrogen and oxygen atoms in total. The summed E-state index contributed by atoms with van der Waals surface area (Å²) in [5.74, 6) is 0. The van der Waals surface area contributed by atoms with Gasteiger partial charge in [0.25, 0.3) is 0 Å². The highest BCUT2D eigenvalue weighted by Gasteiger charge is 2.15. The van der Waals surface area contributed by atoms with E-state index in [0.717, 1.165) is 66.4 Å². The number of pyridine rings is 3. The molecule has 0 unspecified atom stereocenters. The first-order chi connectivity index (χ1) is 19.8. The Morgan fingerprint density at radius 1 is 0.525 bits per heavy atom. The van der Waals surface area contributed by atoms with E-state index in [1.54, 1.807) is 0 Å². The number of nitrogens with zero attached hydrogens (tertiary/aromatic N) is 7. The topological polar surface area (TPSA) is 106 Å². The lowest BCUT2D eigenvalue weighted by Crippen LogP contribution is -2.01. The molecule has 8 aromatic rings. The van der Waals surface area contributed by atoms with E-state index in [1.165, 1.54) is 0 Å². The van der Waals surface area contributed by atoms with Crippen LogP contribution < -0.4 is 0 Å². The van der Waals surface area contributed by atoms with Crippen LogP contribution in [0.5, 0.6) is 0 Å². The van der Waals surface area contributed by atoms with Crippen molar-refractivity contribution in [3.63, 3.8) is 0 Å². The van der Waals surface area contributed by atoms with E-state index in [2.05, 4.69) is 61.8 Å². The summed E-state index contributed by atoms with van der Waals surface area (Å²) in [7, 11) is 0. The third-order valence-electron chi connectivity index (χ3n) is 7.15. The van der Waals surface area contributed by atoms with Crippen LogP contribution in [0, 0.1) is 0 Å². The number of benzene rings is 3. The fourth-order valence-corrected chi connectivity index (χ4v) is 5.15. The minimum atomic E-state index is 0.475. The average molecular weight is 517 g/mol. The Balaban J connectivity index is 1.21. The van der Waals surface area contributed by atoms with Crippen LogP contribution >= 0.6 is 0 Å². The molecule has 3 aromatic carbocycles. The van der Waals surface area contributed by atoms with E-state index in [4.69, 9.17) is 15.0 Å². The number of fused-ring (bicyclic) bond motifs is 4. The number of H-pyrrole nitrogens is 1. The smallest absolute Gasteiger partial charge is 0.221 e. The van der Waals surface area contributed by atoms with Crippen LogP contribution in [0.2, 0.25) is 0 Å². The Labute approximate surface area is 227 Å². The zero-order valence-electron chi connectivity index (χ0n) is 21.2. The molecule has 8 heteroatoms. The second-order valence-corrected chi connectivity index (χ2v) is 9.75. The van der Waals surface area contributed by atoms with Crippen molar-refractivity contribution in [2.75, 3.05) is 0 Å². The molecular formula is C32H20N8. The Morgan fingerprint density at radius 3 is 1.82 bits per heavy atom. The largest absolute Gasteiger partial charge is 0.256 e. The molecule has 0 saturated heterocycles. The predicted molar refractivity (Wildman–Crippen MR) is 156 cm³/mol. The molecule has 188 valence electrons. The van der Waals surface area contributed by atoms with Crippen molar-refractivity contribution in [2.45, 2.75) is 6.42 Å². The highest BCUT2D eigenvalue weighted by molar-refractivity contribution is 5.88. The molecule has 0 atom stereocenters. The fraction of sp³-hybridized carbons (Fsp3) is 0.0312. The first kappa shape index (κ1) is 22.4. The van der Waals surface area contributed by atoms with Crippen molar-refractivity contribution < 1.29 is 0 Å². The first-order valence-electron chi connectivity index (χ1n) is 12.9. The van der Waals surface area contributed by atoms with Crippen LogP contribution in [-0.2, 0) is 6.42 Å². The lowest BCUT2D eigenvalue weighted by Gasteiger charge is -2.10. The van der Waals surface area contributed by atoms with Gasteiger partial charge in [0.2, 0.25) is 11.3 Å². The lowest BCUT2D eigenvalue weighted by atomic mass is 10.0. The summed E-state index contributed by atoms with van der Waals surface area (Å²) in [5, 5.41) is 14.2. The third-order valence-corrected chi connectivity index (χ3v) is 7.15. The fourth-order valence-electron chi connectivity index (χ4n) is 5.15. The summed E-state index contributed by atoms with van der Waals surface area (Å²) >= 11 is 0. The van der Waals surface area contributed by atoms with Crippen molar-refractivity contribution in [1.29, 1.82) is 0 Å². The second kappa shape index (κ2) is 8.99. The van der Waals surface area contributed by atoms with E-state index < -0.39 is 0 Å². The summed E-state index contributed by atoms with van der Waals surface area (Å²) in [5.41, 5.74) is 9.39. The van der Waals surface area contributed by atoms with Gasteiger partial charge in [-0.1, -0.05) is 42.5 Å². The highest BCUT2D eigenvalue weighted by atomic mass is 15.4. The molecule has 0 aliphatic carbocycles. The molecule has 5 aromatic heterocycles. The van der Waals surface area contributed by atoms with E-state index >= 15 is 0 Å². The minimum Gasteiger partial charge on any atom is -0.256 e. The minimum absolute atomic E-state index is 0.475. The number of rotatable bonds is 4. The van der Waals surface area contributed by atoms with Gasteiger partial charge < -0.3 is 0 Å². The van der Waals surface area contributed by atoms with Crippen molar-refractivity contribution in [2.24, 2.45) is 0 Å². The Morgan fingerprint density at radius 2 is 1.10 bits per heavy atom. The third kappa shape index (κ3) is 3.90. The molecule has 0 bridgehead atoms. The van der Waals surface area contributed by atoms with Gasteiger partial charge in [0.15, 0.2) is 0 Å². The molecule has 0 aliphatic heterocycles. The number of hydrogen-bond acceptors (Lipinski definition) is 7. The molecule has 0 fully saturated rings. The molecule has 8 rings (SSSR count). The predicted octanol–water partition coefficient (Wildman–Crippen LogP) is 6.32. The number of hydrogen-bond donors (Lipinski definition) is 1. The quantitative estimate of drug-likeness (QED) is 0.292. The SMILES string of the molecule is c1ccc2ncc(-c3cnc4ccc(Cc5nc6n[nH]nc6nc5-c5cnc6ccccc6c5)cc4c3)cc2c1. The molecule has 1 N–H and O–H groups in total. The van der Waals surface area contributed by atoms with Gasteiger partial charge in [-0.3, -0.25) is 15.0 Å². The van der Waals surface area contributed by atoms with Crippen LogP contribution in [0.4, 0.5) is 0 Å². The van der Waals surface area contributed by atoms with E-state index in [-0.39, 0.29) is 0 Å². The van der Waals surface area contributed by atoms with Crippen LogP contribution in [-0.4, -0.2) is 40.3 Å². The van der Waals surface area contributed by atoms with Gasteiger partial charge in [0.05, 0.1) is 27.9 Å². The lowest BCUT2D eigenvalue weighted by molar-refractivity contribution is 0.950. The van der Waals surface area contributed by atoms with E-state index in [1.807, 2.05) is 67.1 Å². The average Bonchev–Trinajstić information content (AvgIpc) is 3.47. The summed E-state index contributed by atoms with van der Waals surface area (Å²) in [6.45, 7) is 0. The number of aromatic nitrogens is 8. The highest BCUT2D eigenvalue weighted by Crippen LogP contribution is 2.29. The van der Waals surface area contributed by atoms with Gasteiger partial charge in [0.1, 0.15) is 0 Å². The molecule has 0 spiro atoms. The zero-order valence-corrected chi connectivity index (χ0v) is 21.2. The summed E-state index contributed by atoms with van der Waals surface area (Å²) in [6.07, 6.45) is 6.22. The van der Waals surface area contributed by atoms with Crippen molar-refractivity contribution in [3.8, 4) is 22.4 Å². The van der Waals surface area contributed by atoms with Crippen LogP contribution in [0.1, 0.15) is 11.3 Å². The van der Waals surface area contributed by atoms with Crippen LogP contribution in [0.15, 0.2) is 104 Å². The van der Waals surface area contributed by atoms with Gasteiger partial charge in [-0.15, -0.1) is 10.2 Å². The van der Waals surface area contributed by atoms with Gasteiger partial charge in [-0.25, -0.2) is 9.97 Å². The maximum absolute atomic E-state index is 4.84. The zero-order chi connectivity index (χ0) is 26.5. The van der Waals surface area contributed by atoms with Gasteiger partial charge in [-0.2, -0.15) is 5.21 Å². The molecule has 40 heavy (non-hydrogen) atoms. The molecular weight excluding hydrogens is 496 g/mol. The van der Waals surface area contributed by atoms with Crippen LogP contribution in [0.25, 0.3) is 66.4 Å². The maximum Gasteiger partial charge on any atom is 0.221 e. The van der Waals surface area contributed by atoms with Crippen molar-refractivity contribution in [1.82, 2.24) is 40.3 Å². The summed E-state index contributed by atoms with van der Waals surface area (Å²) < 4.78 is 0. The molecule has 0 radical (unpaired) electrons. The summed E-state index contributed by atoms with van der Waals surface area (Å²) in [6, 6.07) is 28.9. The van der Waals surface area contributed by atoms with E-state index in [0.29, 0.717) is 17.7 Å². The standard InChI is InChI=1S/C32H20N8/c1-3-7-26-20(5-1)13-23(16-33-26)24-15-22-11-19(9-10-28(22)34-17-24)12-29-30(37-32-31(36-29)38-40-39-32)25-14-21-6-2-4-8-27(21)35-18-25/h1-11,13-18H,12H2,(H,36,37,38,39,40). The van der Waals surface area contributed by atoms with Gasteiger partial charge >= 0.3 is 0 Å². The summed E-state index contributed by atoms with van der Waals surface area (Å²) in [4.78, 5) is 23.7. The van der Waals surface area contributed by atoms with Gasteiger partial charge in [-0.05, 0) is 48.0 Å². The molecule has 0 amide bonds. The Bertz CT molecular complexity index is 2220.